The number of ether oxygens (including phenoxy) is 2. The molecule has 0 aliphatic rings. The van der Waals surface area contributed by atoms with Crippen LogP contribution < -0.4 is 14.8 Å². The van der Waals surface area contributed by atoms with Gasteiger partial charge in [0.2, 0.25) is 5.91 Å². The van der Waals surface area contributed by atoms with E-state index in [1.54, 1.807) is 7.11 Å². The Morgan fingerprint density at radius 1 is 1.06 bits per heavy atom. The molecule has 0 fully saturated rings. The minimum atomic E-state index is -0.347. The molecule has 0 saturated carbocycles. The highest BCUT2D eigenvalue weighted by atomic mass is 32.2. The second-order valence-corrected chi connectivity index (χ2v) is 8.79. The zero-order valence-electron chi connectivity index (χ0n) is 19.4. The number of para-hydroxylation sites is 2. The number of aromatic nitrogens is 3. The number of benzene rings is 2. The normalized spacial score (nSPS) is 12.0. The highest BCUT2D eigenvalue weighted by Gasteiger charge is 2.23. The van der Waals surface area contributed by atoms with E-state index in [0.29, 0.717) is 22.5 Å². The number of hydrogen-bond donors (Lipinski definition) is 1. The van der Waals surface area contributed by atoms with E-state index >= 15 is 0 Å². The van der Waals surface area contributed by atoms with Gasteiger partial charge < -0.3 is 19.4 Å². The van der Waals surface area contributed by atoms with Crippen LogP contribution in [-0.2, 0) is 4.79 Å². The van der Waals surface area contributed by atoms with Gasteiger partial charge in [-0.25, -0.2) is 0 Å². The van der Waals surface area contributed by atoms with Crippen LogP contribution in [0.2, 0.25) is 0 Å². The van der Waals surface area contributed by atoms with Crippen molar-refractivity contribution >= 4 is 23.4 Å². The Labute approximate surface area is 193 Å². The van der Waals surface area contributed by atoms with Gasteiger partial charge in [0.05, 0.1) is 12.9 Å². The molecule has 1 heterocycles. The lowest BCUT2D eigenvalue weighted by atomic mass is 10.1. The maximum absolute atomic E-state index is 12.5. The molecule has 8 heteroatoms. The second-order valence-electron chi connectivity index (χ2n) is 7.85. The fraction of sp³-hybridized carbons (Fsp3) is 0.375. The number of nitrogens with zero attached hydrogens (tertiary/aromatic N) is 3. The minimum Gasteiger partial charge on any atom is -0.493 e. The van der Waals surface area contributed by atoms with Gasteiger partial charge >= 0.3 is 0 Å². The summed E-state index contributed by atoms with van der Waals surface area (Å²) in [5, 5.41) is 12.3. The van der Waals surface area contributed by atoms with E-state index < -0.39 is 0 Å². The van der Waals surface area contributed by atoms with Crippen LogP contribution in [-0.4, -0.2) is 33.5 Å². The van der Waals surface area contributed by atoms with Crippen molar-refractivity contribution in [3.63, 3.8) is 0 Å². The lowest BCUT2D eigenvalue weighted by Crippen LogP contribution is -2.16. The molecule has 0 spiro atoms. The number of hydrogen-bond acceptors (Lipinski definition) is 6. The molecule has 2 aromatic carbocycles. The van der Waals surface area contributed by atoms with Crippen LogP contribution in [0, 0.1) is 13.8 Å². The number of methoxy groups -OCH3 is 1. The number of carbonyl (C=O) groups is 1. The molecule has 1 amide bonds. The molecule has 0 bridgehead atoms. The summed E-state index contributed by atoms with van der Waals surface area (Å²) in [4.78, 5) is 12.5. The summed E-state index contributed by atoms with van der Waals surface area (Å²) in [6.07, 6.45) is -0.347. The first-order valence-corrected chi connectivity index (χ1v) is 11.5. The maximum atomic E-state index is 12.5. The Morgan fingerprint density at radius 3 is 2.44 bits per heavy atom. The predicted octanol–water partition coefficient (Wildman–Crippen LogP) is 5.36. The number of carbonyl (C=O) groups excluding carboxylic acids is 1. The van der Waals surface area contributed by atoms with Crippen molar-refractivity contribution in [3.8, 4) is 11.5 Å². The van der Waals surface area contributed by atoms with Gasteiger partial charge in [-0.2, -0.15) is 0 Å². The largest absolute Gasteiger partial charge is 0.493 e. The summed E-state index contributed by atoms with van der Waals surface area (Å²) >= 11 is 1.36. The van der Waals surface area contributed by atoms with Crippen LogP contribution in [0.3, 0.4) is 0 Å². The molecule has 170 valence electrons. The average Bonchev–Trinajstić information content (AvgIpc) is 3.20. The Balaban J connectivity index is 1.70. The molecular formula is C24H30N4O3S. The van der Waals surface area contributed by atoms with Crippen LogP contribution in [0.15, 0.2) is 47.6 Å². The zero-order valence-corrected chi connectivity index (χ0v) is 20.2. The van der Waals surface area contributed by atoms with E-state index in [2.05, 4.69) is 29.4 Å². The van der Waals surface area contributed by atoms with Crippen molar-refractivity contribution in [2.75, 3.05) is 18.2 Å². The van der Waals surface area contributed by atoms with Crippen molar-refractivity contribution in [1.29, 1.82) is 0 Å². The highest BCUT2D eigenvalue weighted by Crippen LogP contribution is 2.32. The molecule has 1 unspecified atom stereocenters. The van der Waals surface area contributed by atoms with Crippen LogP contribution in [0.5, 0.6) is 11.5 Å². The molecule has 1 atom stereocenters. The summed E-state index contributed by atoms with van der Waals surface area (Å²) < 4.78 is 13.5. The number of amides is 1. The summed E-state index contributed by atoms with van der Waals surface area (Å²) in [7, 11) is 1.61. The van der Waals surface area contributed by atoms with Crippen molar-refractivity contribution in [2.45, 2.75) is 51.9 Å². The number of aryl methyl sites for hydroxylation is 2. The SMILES string of the molecule is COc1ccccc1OC(C)c1nnc(SCC(=O)Nc2ccc(C)c(C)c2)n1C(C)C. The molecule has 0 radical (unpaired) electrons. The summed E-state index contributed by atoms with van der Waals surface area (Å²) in [5.41, 5.74) is 3.13. The van der Waals surface area contributed by atoms with Gasteiger partial charge in [0.25, 0.3) is 0 Å². The third-order valence-electron chi connectivity index (χ3n) is 5.07. The molecular weight excluding hydrogens is 424 g/mol. The lowest BCUT2D eigenvalue weighted by molar-refractivity contribution is -0.113. The van der Waals surface area contributed by atoms with Gasteiger partial charge in [-0.1, -0.05) is 30.0 Å². The third kappa shape index (κ3) is 5.62. The summed E-state index contributed by atoms with van der Waals surface area (Å²) in [6.45, 7) is 10.1. The average molecular weight is 455 g/mol. The van der Waals surface area contributed by atoms with Crippen LogP contribution in [0.4, 0.5) is 5.69 Å². The van der Waals surface area contributed by atoms with Crippen LogP contribution in [0.25, 0.3) is 0 Å². The first-order chi connectivity index (χ1) is 15.3. The molecule has 7 nitrogen and oxygen atoms in total. The van der Waals surface area contributed by atoms with E-state index in [-0.39, 0.29) is 23.8 Å². The summed E-state index contributed by atoms with van der Waals surface area (Å²) in [6, 6.07) is 13.5. The fourth-order valence-corrected chi connectivity index (χ4v) is 4.13. The van der Waals surface area contributed by atoms with Gasteiger partial charge in [-0.05, 0) is 70.0 Å². The van der Waals surface area contributed by atoms with Crippen molar-refractivity contribution in [3.05, 3.63) is 59.4 Å². The van der Waals surface area contributed by atoms with Gasteiger partial charge in [0.15, 0.2) is 28.6 Å². The first kappa shape index (κ1) is 23.7. The van der Waals surface area contributed by atoms with E-state index in [1.165, 1.54) is 17.3 Å². The standard InChI is InChI=1S/C24H30N4O3S/c1-15(2)28-23(18(5)31-21-10-8-7-9-20(21)30-6)26-27-24(28)32-14-22(29)25-19-12-11-16(3)17(4)13-19/h7-13,15,18H,14H2,1-6H3,(H,25,29). The number of anilines is 1. The number of thioether (sulfide) groups is 1. The molecule has 3 aromatic rings. The van der Waals surface area contributed by atoms with Crippen molar-refractivity contribution < 1.29 is 14.3 Å². The van der Waals surface area contributed by atoms with Gasteiger partial charge in [0.1, 0.15) is 0 Å². The Hall–Kier alpha value is -3.00. The Bertz CT molecular complexity index is 1080. The summed E-state index contributed by atoms with van der Waals surface area (Å²) in [5.74, 6) is 2.15. The fourth-order valence-electron chi connectivity index (χ4n) is 3.26. The molecule has 0 saturated heterocycles. The highest BCUT2D eigenvalue weighted by molar-refractivity contribution is 7.99. The maximum Gasteiger partial charge on any atom is 0.234 e. The number of nitrogens with one attached hydrogen (secondary N) is 1. The molecule has 0 aliphatic heterocycles. The zero-order chi connectivity index (χ0) is 23.3. The molecule has 1 aromatic heterocycles. The van der Waals surface area contributed by atoms with Gasteiger partial charge in [0, 0.05) is 11.7 Å². The van der Waals surface area contributed by atoms with E-state index in [0.717, 1.165) is 11.3 Å². The minimum absolute atomic E-state index is 0.0866. The Kier molecular flexibility index (Phi) is 7.80. The van der Waals surface area contributed by atoms with Crippen molar-refractivity contribution in [2.24, 2.45) is 0 Å². The smallest absolute Gasteiger partial charge is 0.234 e. The predicted molar refractivity (Wildman–Crippen MR) is 128 cm³/mol. The number of rotatable bonds is 9. The Morgan fingerprint density at radius 2 is 1.78 bits per heavy atom. The molecule has 0 aliphatic carbocycles. The topological polar surface area (TPSA) is 78.3 Å². The monoisotopic (exact) mass is 454 g/mol. The van der Waals surface area contributed by atoms with E-state index in [4.69, 9.17) is 9.47 Å². The van der Waals surface area contributed by atoms with Gasteiger partial charge in [-0.3, -0.25) is 4.79 Å². The van der Waals surface area contributed by atoms with Crippen LogP contribution in [0.1, 0.15) is 49.9 Å². The second kappa shape index (κ2) is 10.5. The van der Waals surface area contributed by atoms with E-state index in [1.807, 2.05) is 67.8 Å². The van der Waals surface area contributed by atoms with Crippen LogP contribution >= 0.6 is 11.8 Å². The first-order valence-electron chi connectivity index (χ1n) is 10.5. The van der Waals surface area contributed by atoms with Crippen molar-refractivity contribution in [1.82, 2.24) is 14.8 Å². The third-order valence-corrected chi connectivity index (χ3v) is 6.01. The quantitative estimate of drug-likeness (QED) is 0.439. The molecule has 32 heavy (non-hydrogen) atoms. The molecule has 3 rings (SSSR count). The van der Waals surface area contributed by atoms with E-state index in [9.17, 15) is 4.79 Å². The lowest BCUT2D eigenvalue weighted by Gasteiger charge is -2.19. The molecule has 1 N–H and O–H groups in total. The van der Waals surface area contributed by atoms with Gasteiger partial charge in [-0.15, -0.1) is 10.2 Å².